The molecule has 12 rings (SSSR count). The number of hydrogen-bond acceptors (Lipinski definition) is 3. The third-order valence-corrected chi connectivity index (χ3v) is 11.6. The van der Waals surface area contributed by atoms with Gasteiger partial charge in [-0.15, -0.1) is 0 Å². The van der Waals surface area contributed by atoms with Crippen LogP contribution in [0.2, 0.25) is 0 Å². The van der Waals surface area contributed by atoms with Crippen LogP contribution in [-0.4, -0.2) is 4.57 Å². The number of para-hydroxylation sites is 3. The first-order chi connectivity index (χ1) is 28.8. The molecule has 4 nitrogen and oxygen atoms in total. The molecule has 4 heteroatoms. The lowest BCUT2D eigenvalue weighted by Gasteiger charge is -2.27. The lowest BCUT2D eigenvalue weighted by atomic mass is 9.98. The second-order valence-corrected chi connectivity index (χ2v) is 14.9. The van der Waals surface area contributed by atoms with Gasteiger partial charge in [0, 0.05) is 49.6 Å². The number of hydrogen-bond donors (Lipinski definition) is 0. The molecule has 3 aromatic heterocycles. The van der Waals surface area contributed by atoms with Crippen LogP contribution in [0.4, 0.5) is 17.1 Å². The van der Waals surface area contributed by atoms with Crippen molar-refractivity contribution in [2.75, 3.05) is 4.90 Å². The van der Waals surface area contributed by atoms with Gasteiger partial charge in [0.05, 0.1) is 22.1 Å². The van der Waals surface area contributed by atoms with E-state index in [0.717, 1.165) is 88.9 Å². The number of nitrogens with zero attached hydrogens (tertiary/aromatic N) is 2. The zero-order valence-electron chi connectivity index (χ0n) is 31.3. The molecule has 0 saturated heterocycles. The fourth-order valence-electron chi connectivity index (χ4n) is 8.94. The first-order valence-electron chi connectivity index (χ1n) is 19.7. The van der Waals surface area contributed by atoms with Crippen molar-refractivity contribution in [3.63, 3.8) is 0 Å². The molecule has 0 amide bonds. The van der Waals surface area contributed by atoms with E-state index in [4.69, 9.17) is 8.83 Å². The smallest absolute Gasteiger partial charge is 0.145 e. The Bertz CT molecular complexity index is 3450. The Kier molecular flexibility index (Phi) is 7.20. The van der Waals surface area contributed by atoms with E-state index in [-0.39, 0.29) is 0 Å². The summed E-state index contributed by atoms with van der Waals surface area (Å²) in [6, 6.07) is 73.1. The van der Waals surface area contributed by atoms with Crippen LogP contribution in [0.1, 0.15) is 0 Å². The van der Waals surface area contributed by atoms with Crippen molar-refractivity contribution in [1.29, 1.82) is 0 Å². The fourth-order valence-corrected chi connectivity index (χ4v) is 8.94. The van der Waals surface area contributed by atoms with Crippen LogP contribution >= 0.6 is 0 Å². The summed E-state index contributed by atoms with van der Waals surface area (Å²) < 4.78 is 15.7. The molecule has 0 atom stereocenters. The van der Waals surface area contributed by atoms with Crippen molar-refractivity contribution in [1.82, 2.24) is 4.57 Å². The molecule has 9 aromatic carbocycles. The summed E-state index contributed by atoms with van der Waals surface area (Å²) in [7, 11) is 0. The maximum atomic E-state index is 6.98. The lowest BCUT2D eigenvalue weighted by molar-refractivity contribution is 0.669. The minimum atomic E-state index is 0.846. The van der Waals surface area contributed by atoms with Crippen LogP contribution < -0.4 is 4.90 Å². The van der Waals surface area contributed by atoms with Crippen LogP contribution in [0.5, 0.6) is 0 Å². The Morgan fingerprint density at radius 1 is 0.362 bits per heavy atom. The van der Waals surface area contributed by atoms with Gasteiger partial charge in [0.25, 0.3) is 0 Å². The average Bonchev–Trinajstić information content (AvgIpc) is 3.97. The van der Waals surface area contributed by atoms with Gasteiger partial charge in [-0.1, -0.05) is 121 Å². The Labute approximate surface area is 334 Å². The van der Waals surface area contributed by atoms with Gasteiger partial charge in [-0.25, -0.2) is 0 Å². The number of rotatable bonds is 6. The van der Waals surface area contributed by atoms with Gasteiger partial charge in [-0.05, 0) is 102 Å². The molecule has 58 heavy (non-hydrogen) atoms. The number of furan rings is 2. The highest BCUT2D eigenvalue weighted by atomic mass is 16.3. The second kappa shape index (κ2) is 12.9. The van der Waals surface area contributed by atoms with E-state index in [9.17, 15) is 0 Å². The standard InChI is InChI=1S/C54H34N2O2/c1-3-13-35(14-4-1)37-23-29-45-52(33-37)58-54-41(36-15-5-2-6-16-36)30-31-49(53(45)54)55(40-28-32-51-46(34-40)44-19-9-12-22-50(44)57-51)38-24-26-39(27-25-38)56-47-20-10-7-17-42(47)43-18-8-11-21-48(43)56/h1-34H. The third-order valence-electron chi connectivity index (χ3n) is 11.6. The van der Waals surface area contributed by atoms with Crippen molar-refractivity contribution >= 4 is 82.7 Å². The van der Waals surface area contributed by atoms with Gasteiger partial charge < -0.3 is 18.3 Å². The predicted octanol–water partition coefficient (Wildman–Crippen LogP) is 15.4. The topological polar surface area (TPSA) is 34.5 Å². The molecule has 0 saturated carbocycles. The molecule has 0 spiro atoms. The molecular weight excluding hydrogens is 709 g/mol. The van der Waals surface area contributed by atoms with Crippen molar-refractivity contribution in [3.05, 3.63) is 206 Å². The minimum absolute atomic E-state index is 0.846. The van der Waals surface area contributed by atoms with Crippen molar-refractivity contribution in [3.8, 4) is 27.9 Å². The Hall–Kier alpha value is -7.82. The van der Waals surface area contributed by atoms with Crippen molar-refractivity contribution in [2.45, 2.75) is 0 Å². The van der Waals surface area contributed by atoms with Crippen LogP contribution in [0.3, 0.4) is 0 Å². The number of benzene rings is 9. The zero-order chi connectivity index (χ0) is 38.2. The molecule has 0 aliphatic carbocycles. The highest BCUT2D eigenvalue weighted by molar-refractivity contribution is 6.18. The molecule has 3 heterocycles. The summed E-state index contributed by atoms with van der Waals surface area (Å²) in [5.41, 5.74) is 14.4. The van der Waals surface area contributed by atoms with E-state index in [0.29, 0.717) is 0 Å². The summed E-state index contributed by atoms with van der Waals surface area (Å²) in [6.07, 6.45) is 0. The van der Waals surface area contributed by atoms with Crippen molar-refractivity contribution < 1.29 is 8.83 Å². The van der Waals surface area contributed by atoms with Gasteiger partial charge in [0.2, 0.25) is 0 Å². The quantitative estimate of drug-likeness (QED) is 0.170. The largest absolute Gasteiger partial charge is 0.456 e. The van der Waals surface area contributed by atoms with Gasteiger partial charge in [0.1, 0.15) is 22.3 Å². The number of aromatic nitrogens is 1. The molecule has 0 radical (unpaired) electrons. The van der Waals surface area contributed by atoms with E-state index in [1.807, 2.05) is 12.1 Å². The molecule has 0 aliphatic heterocycles. The predicted molar refractivity (Wildman–Crippen MR) is 241 cm³/mol. The molecule has 0 fully saturated rings. The summed E-state index contributed by atoms with van der Waals surface area (Å²) in [5.74, 6) is 0. The highest BCUT2D eigenvalue weighted by Crippen LogP contribution is 2.48. The normalized spacial score (nSPS) is 11.8. The molecular formula is C54H34N2O2. The van der Waals surface area contributed by atoms with E-state index in [2.05, 4.69) is 204 Å². The Morgan fingerprint density at radius 3 is 1.72 bits per heavy atom. The molecule has 272 valence electrons. The first kappa shape index (κ1) is 32.4. The summed E-state index contributed by atoms with van der Waals surface area (Å²) >= 11 is 0. The van der Waals surface area contributed by atoms with Crippen LogP contribution in [0.15, 0.2) is 215 Å². The molecule has 0 unspecified atom stereocenters. The Morgan fingerprint density at radius 2 is 0.983 bits per heavy atom. The lowest BCUT2D eigenvalue weighted by Crippen LogP contribution is -2.10. The summed E-state index contributed by atoms with van der Waals surface area (Å²) in [6.45, 7) is 0. The zero-order valence-corrected chi connectivity index (χ0v) is 31.3. The maximum absolute atomic E-state index is 6.98. The first-order valence-corrected chi connectivity index (χ1v) is 19.7. The van der Waals surface area contributed by atoms with E-state index in [1.54, 1.807) is 0 Å². The summed E-state index contributed by atoms with van der Waals surface area (Å²) in [4.78, 5) is 2.37. The minimum Gasteiger partial charge on any atom is -0.456 e. The third kappa shape index (κ3) is 5.02. The number of anilines is 3. The monoisotopic (exact) mass is 742 g/mol. The van der Waals surface area contributed by atoms with Crippen LogP contribution in [0, 0.1) is 0 Å². The van der Waals surface area contributed by atoms with E-state index in [1.165, 1.54) is 21.8 Å². The van der Waals surface area contributed by atoms with Crippen molar-refractivity contribution in [2.24, 2.45) is 0 Å². The van der Waals surface area contributed by atoms with Gasteiger partial charge in [-0.2, -0.15) is 0 Å². The number of fused-ring (bicyclic) bond motifs is 9. The second-order valence-electron chi connectivity index (χ2n) is 14.9. The SMILES string of the molecule is c1ccc(-c2ccc3c(c2)oc2c(-c4ccccc4)ccc(N(c4ccc(-n5c6ccccc6c6ccccc65)cc4)c4ccc5oc6ccccc6c5c4)c23)cc1. The van der Waals surface area contributed by atoms with Gasteiger partial charge in [-0.3, -0.25) is 0 Å². The summed E-state index contributed by atoms with van der Waals surface area (Å²) in [5, 5.41) is 6.76. The van der Waals surface area contributed by atoms with E-state index < -0.39 is 0 Å². The maximum Gasteiger partial charge on any atom is 0.145 e. The van der Waals surface area contributed by atoms with Crippen LogP contribution in [0.25, 0.3) is 93.6 Å². The fraction of sp³-hybridized carbons (Fsp3) is 0. The van der Waals surface area contributed by atoms with Gasteiger partial charge in [0.15, 0.2) is 0 Å². The Balaban J connectivity index is 1.11. The van der Waals surface area contributed by atoms with Crippen LogP contribution in [-0.2, 0) is 0 Å². The molecule has 0 bridgehead atoms. The average molecular weight is 743 g/mol. The molecule has 0 N–H and O–H groups in total. The highest BCUT2D eigenvalue weighted by Gasteiger charge is 2.24. The van der Waals surface area contributed by atoms with E-state index >= 15 is 0 Å². The van der Waals surface area contributed by atoms with Gasteiger partial charge >= 0.3 is 0 Å². The molecule has 0 aliphatic rings. The molecule has 12 aromatic rings.